The van der Waals surface area contributed by atoms with Gasteiger partial charge in [0.25, 0.3) is 0 Å². The highest BCUT2D eigenvalue weighted by molar-refractivity contribution is 7.92. The molecule has 0 bridgehead atoms. The number of fused-ring (bicyclic) bond motifs is 1. The lowest BCUT2D eigenvalue weighted by molar-refractivity contribution is -0.114. The maximum atomic E-state index is 13.0. The van der Waals surface area contributed by atoms with Crippen LogP contribution in [0.4, 0.5) is 11.4 Å². The maximum Gasteiger partial charge on any atom is 0.245 e. The monoisotopic (exact) mass is 486 g/mol. The molecule has 0 saturated heterocycles. The number of nitrogens with zero attached hydrogens (tertiary/aromatic N) is 1. The van der Waals surface area contributed by atoms with E-state index in [4.69, 9.17) is 21.1 Å². The molecular weight excluding hydrogens is 468 g/mol. The SMILES string of the molecule is CS(=O)(=O)N(CC(=O)Nc1ccc(Cl)cc1C(=O)c1ccccc1)c1ccc2c(c1)OCO2. The first-order valence-electron chi connectivity index (χ1n) is 9.79. The molecule has 0 aliphatic carbocycles. The number of nitrogens with one attached hydrogen (secondary N) is 1. The summed E-state index contributed by atoms with van der Waals surface area (Å²) >= 11 is 6.08. The van der Waals surface area contributed by atoms with E-state index in [1.54, 1.807) is 36.4 Å². The lowest BCUT2D eigenvalue weighted by atomic mass is 10.0. The fourth-order valence-corrected chi connectivity index (χ4v) is 4.34. The van der Waals surface area contributed by atoms with Gasteiger partial charge in [-0.3, -0.25) is 13.9 Å². The molecule has 3 aromatic carbocycles. The second-order valence-corrected chi connectivity index (χ2v) is 9.58. The third-order valence-electron chi connectivity index (χ3n) is 4.87. The quantitative estimate of drug-likeness (QED) is 0.511. The molecule has 3 aromatic rings. The number of carbonyl (C=O) groups is 2. The minimum atomic E-state index is -3.81. The summed E-state index contributed by atoms with van der Waals surface area (Å²) in [6.45, 7) is -0.479. The molecular formula is C23H19ClN2O6S. The summed E-state index contributed by atoms with van der Waals surface area (Å²) in [7, 11) is -3.81. The Kier molecular flexibility index (Phi) is 6.26. The van der Waals surface area contributed by atoms with Crippen LogP contribution >= 0.6 is 11.6 Å². The summed E-state index contributed by atoms with van der Waals surface area (Å²) in [6.07, 6.45) is 0.998. The Morgan fingerprint density at radius 1 is 1.00 bits per heavy atom. The van der Waals surface area contributed by atoms with Crippen molar-refractivity contribution < 1.29 is 27.5 Å². The summed E-state index contributed by atoms with van der Waals surface area (Å²) in [5, 5.41) is 2.96. The van der Waals surface area contributed by atoms with Crippen LogP contribution in [0, 0.1) is 0 Å². The van der Waals surface area contributed by atoms with Crippen LogP contribution in [0.3, 0.4) is 0 Å². The van der Waals surface area contributed by atoms with Crippen LogP contribution in [0.1, 0.15) is 15.9 Å². The summed E-state index contributed by atoms with van der Waals surface area (Å²) < 4.78 is 36.3. The highest BCUT2D eigenvalue weighted by Gasteiger charge is 2.25. The van der Waals surface area contributed by atoms with E-state index in [1.165, 1.54) is 30.3 Å². The Hall–Kier alpha value is -3.56. The molecule has 0 saturated carbocycles. The number of ether oxygens (including phenoxy) is 2. The second kappa shape index (κ2) is 9.13. The zero-order valence-corrected chi connectivity index (χ0v) is 19.0. The number of carbonyl (C=O) groups excluding carboxylic acids is 2. The van der Waals surface area contributed by atoms with Gasteiger partial charge in [-0.05, 0) is 30.3 Å². The Morgan fingerprint density at radius 2 is 1.73 bits per heavy atom. The standard InChI is InChI=1S/C23H19ClN2O6S/c1-33(29,30)26(17-8-10-20-21(12-17)32-14-31-20)13-22(27)25-19-9-7-16(24)11-18(19)23(28)15-5-3-2-4-6-15/h2-12H,13-14H2,1H3,(H,25,27). The van der Waals surface area contributed by atoms with Gasteiger partial charge in [-0.25, -0.2) is 8.42 Å². The smallest absolute Gasteiger partial charge is 0.245 e. The highest BCUT2D eigenvalue weighted by Crippen LogP contribution is 2.36. The zero-order chi connectivity index (χ0) is 23.6. The number of benzene rings is 3. The molecule has 1 N–H and O–H groups in total. The van der Waals surface area contributed by atoms with E-state index in [2.05, 4.69) is 5.32 Å². The number of halogens is 1. The van der Waals surface area contributed by atoms with Gasteiger partial charge in [-0.15, -0.1) is 0 Å². The first-order valence-corrected chi connectivity index (χ1v) is 12.0. The van der Waals surface area contributed by atoms with E-state index in [9.17, 15) is 18.0 Å². The molecule has 8 nitrogen and oxygen atoms in total. The molecule has 0 fully saturated rings. The van der Waals surface area contributed by atoms with Gasteiger partial charge in [0.1, 0.15) is 6.54 Å². The topological polar surface area (TPSA) is 102 Å². The van der Waals surface area contributed by atoms with Gasteiger partial charge in [0, 0.05) is 22.2 Å². The van der Waals surface area contributed by atoms with Crippen molar-refractivity contribution in [2.45, 2.75) is 0 Å². The van der Waals surface area contributed by atoms with E-state index in [0.717, 1.165) is 10.6 Å². The molecule has 0 aromatic heterocycles. The van der Waals surface area contributed by atoms with Crippen LogP contribution in [0.2, 0.25) is 5.02 Å². The van der Waals surface area contributed by atoms with Crippen LogP contribution in [-0.2, 0) is 14.8 Å². The van der Waals surface area contributed by atoms with Crippen molar-refractivity contribution in [3.05, 3.63) is 82.9 Å². The summed E-state index contributed by atoms with van der Waals surface area (Å²) in [5.41, 5.74) is 1.08. The first-order chi connectivity index (χ1) is 15.7. The van der Waals surface area contributed by atoms with Crippen LogP contribution in [0.25, 0.3) is 0 Å². The van der Waals surface area contributed by atoms with Crippen LogP contribution < -0.4 is 19.1 Å². The Bertz CT molecular complexity index is 1330. The van der Waals surface area contributed by atoms with E-state index in [1.807, 2.05) is 0 Å². The van der Waals surface area contributed by atoms with Crippen molar-refractivity contribution in [1.29, 1.82) is 0 Å². The summed E-state index contributed by atoms with van der Waals surface area (Å²) in [5.74, 6) is -0.0939. The average molecular weight is 487 g/mol. The van der Waals surface area contributed by atoms with Gasteiger partial charge in [-0.2, -0.15) is 0 Å². The molecule has 1 heterocycles. The molecule has 0 atom stereocenters. The molecule has 1 aliphatic heterocycles. The maximum absolute atomic E-state index is 13.0. The van der Waals surface area contributed by atoms with E-state index < -0.39 is 22.5 Å². The predicted molar refractivity (Wildman–Crippen MR) is 125 cm³/mol. The molecule has 0 spiro atoms. The Morgan fingerprint density at radius 3 is 2.45 bits per heavy atom. The number of sulfonamides is 1. The van der Waals surface area contributed by atoms with Crippen molar-refractivity contribution in [1.82, 2.24) is 0 Å². The van der Waals surface area contributed by atoms with Crippen molar-refractivity contribution in [3.63, 3.8) is 0 Å². The van der Waals surface area contributed by atoms with E-state index in [0.29, 0.717) is 22.1 Å². The molecule has 1 aliphatic rings. The third-order valence-corrected chi connectivity index (χ3v) is 6.24. The van der Waals surface area contributed by atoms with Gasteiger partial charge in [0.2, 0.25) is 22.7 Å². The molecule has 0 radical (unpaired) electrons. The Labute approximate surface area is 195 Å². The van der Waals surface area contributed by atoms with Gasteiger partial charge in [-0.1, -0.05) is 41.9 Å². The predicted octanol–water partition coefficient (Wildman–Crippen LogP) is 3.70. The van der Waals surface area contributed by atoms with Crippen LogP contribution in [0.5, 0.6) is 11.5 Å². The van der Waals surface area contributed by atoms with Crippen molar-refractivity contribution in [2.24, 2.45) is 0 Å². The largest absolute Gasteiger partial charge is 0.454 e. The van der Waals surface area contributed by atoms with Crippen molar-refractivity contribution >= 4 is 44.7 Å². The normalized spacial score (nSPS) is 12.3. The molecule has 4 rings (SSSR count). The summed E-state index contributed by atoms with van der Waals surface area (Å²) in [6, 6.07) is 17.6. The number of anilines is 2. The number of rotatable bonds is 7. The van der Waals surface area contributed by atoms with Gasteiger partial charge in [0.15, 0.2) is 17.3 Å². The van der Waals surface area contributed by atoms with Gasteiger partial charge in [0.05, 0.1) is 17.6 Å². The zero-order valence-electron chi connectivity index (χ0n) is 17.4. The summed E-state index contributed by atoms with van der Waals surface area (Å²) in [4.78, 5) is 25.8. The molecule has 1 amide bonds. The van der Waals surface area contributed by atoms with Crippen molar-refractivity contribution in [3.8, 4) is 11.5 Å². The third kappa shape index (κ3) is 5.10. The average Bonchev–Trinajstić information content (AvgIpc) is 3.26. The number of hydrogen-bond donors (Lipinski definition) is 1. The van der Waals surface area contributed by atoms with Crippen LogP contribution in [-0.4, -0.2) is 39.7 Å². The minimum absolute atomic E-state index is 0.0347. The fraction of sp³-hybridized carbons (Fsp3) is 0.130. The molecule has 0 unspecified atom stereocenters. The van der Waals surface area contributed by atoms with Crippen LogP contribution in [0.15, 0.2) is 66.7 Å². The molecule has 33 heavy (non-hydrogen) atoms. The number of ketones is 1. The minimum Gasteiger partial charge on any atom is -0.454 e. The first kappa shape index (κ1) is 22.6. The lowest BCUT2D eigenvalue weighted by Gasteiger charge is -2.22. The highest BCUT2D eigenvalue weighted by atomic mass is 35.5. The van der Waals surface area contributed by atoms with E-state index in [-0.39, 0.29) is 29.5 Å². The Balaban J connectivity index is 1.59. The van der Waals surface area contributed by atoms with E-state index >= 15 is 0 Å². The molecule has 170 valence electrons. The lowest BCUT2D eigenvalue weighted by Crippen LogP contribution is -2.37. The van der Waals surface area contributed by atoms with Crippen molar-refractivity contribution in [2.75, 3.05) is 29.2 Å². The fourth-order valence-electron chi connectivity index (χ4n) is 3.32. The number of hydrogen-bond acceptors (Lipinski definition) is 6. The number of amides is 1. The van der Waals surface area contributed by atoms with Gasteiger partial charge >= 0.3 is 0 Å². The second-order valence-electron chi connectivity index (χ2n) is 7.24. The molecule has 10 heteroatoms. The van der Waals surface area contributed by atoms with Gasteiger partial charge < -0.3 is 14.8 Å².